The quantitative estimate of drug-likeness (QED) is 0.488. The average molecular weight is 208 g/mol. The molecule has 0 unspecified atom stereocenters. The molecule has 0 saturated carbocycles. The van der Waals surface area contributed by atoms with Gasteiger partial charge in [-0.25, -0.2) is 4.99 Å². The predicted molar refractivity (Wildman–Crippen MR) is 46.2 cm³/mol. The monoisotopic (exact) mass is 207 g/mol. The normalized spacial score (nSPS) is 11.2. The summed E-state index contributed by atoms with van der Waals surface area (Å²) >= 11 is 8.52. The zero-order valence-corrected chi connectivity index (χ0v) is 7.46. The number of nitrogens with zero attached hydrogens (tertiary/aromatic N) is 1. The number of halogens is 2. The SMILES string of the molecule is C=C(Cl)/N=C(/C)C(=C)Br. The first-order chi connectivity index (χ1) is 4.04. The highest BCUT2D eigenvalue weighted by Crippen LogP contribution is 2.07. The van der Waals surface area contributed by atoms with Crippen LogP contribution in [0.1, 0.15) is 6.92 Å². The summed E-state index contributed by atoms with van der Waals surface area (Å²) in [6.07, 6.45) is 0. The molecule has 9 heavy (non-hydrogen) atoms. The van der Waals surface area contributed by atoms with Crippen molar-refractivity contribution in [1.82, 2.24) is 0 Å². The van der Waals surface area contributed by atoms with Gasteiger partial charge >= 0.3 is 0 Å². The molecule has 0 aromatic rings. The third-order valence-corrected chi connectivity index (χ3v) is 1.34. The van der Waals surface area contributed by atoms with Crippen LogP contribution in [0, 0.1) is 0 Å². The molecule has 0 amide bonds. The van der Waals surface area contributed by atoms with Crippen LogP contribution >= 0.6 is 27.5 Å². The Morgan fingerprint density at radius 2 is 2.00 bits per heavy atom. The van der Waals surface area contributed by atoms with Crippen LogP contribution in [0.3, 0.4) is 0 Å². The topological polar surface area (TPSA) is 12.4 Å². The summed E-state index contributed by atoms with van der Waals surface area (Å²) in [6.45, 7) is 8.78. The maximum atomic E-state index is 5.37. The lowest BCUT2D eigenvalue weighted by Gasteiger charge is -1.92. The predicted octanol–water partition coefficient (Wildman–Crippen LogP) is 3.07. The molecule has 0 aliphatic carbocycles. The smallest absolute Gasteiger partial charge is 0.122 e. The molecule has 3 heteroatoms. The van der Waals surface area contributed by atoms with Gasteiger partial charge in [0.15, 0.2) is 0 Å². The maximum absolute atomic E-state index is 5.37. The second kappa shape index (κ2) is 3.85. The lowest BCUT2D eigenvalue weighted by molar-refractivity contribution is 1.51. The number of rotatable bonds is 2. The molecule has 0 spiro atoms. The van der Waals surface area contributed by atoms with Gasteiger partial charge in [-0.1, -0.05) is 24.8 Å². The van der Waals surface area contributed by atoms with Crippen molar-refractivity contribution < 1.29 is 0 Å². The molecule has 0 aromatic carbocycles. The minimum absolute atomic E-state index is 0.271. The zero-order chi connectivity index (χ0) is 7.44. The lowest BCUT2D eigenvalue weighted by Crippen LogP contribution is -1.86. The minimum Gasteiger partial charge on any atom is -0.241 e. The van der Waals surface area contributed by atoms with E-state index in [0.717, 1.165) is 10.2 Å². The molecule has 50 valence electrons. The van der Waals surface area contributed by atoms with Crippen molar-refractivity contribution in [2.45, 2.75) is 6.92 Å². The standard InChI is InChI=1S/C6H7BrClN/c1-4(7)5(2)9-6(3)8/h1,3H2,2H3/b9-5-. The molecule has 0 bridgehead atoms. The van der Waals surface area contributed by atoms with Gasteiger partial charge in [0.25, 0.3) is 0 Å². The number of allylic oxidation sites excluding steroid dienone is 1. The molecule has 0 fully saturated rings. The van der Waals surface area contributed by atoms with Crippen LogP contribution in [-0.4, -0.2) is 5.71 Å². The lowest BCUT2D eigenvalue weighted by atomic mass is 10.4. The molecule has 0 saturated heterocycles. The fraction of sp³-hybridized carbons (Fsp3) is 0.167. The summed E-state index contributed by atoms with van der Waals surface area (Å²) in [7, 11) is 0. The van der Waals surface area contributed by atoms with Crippen molar-refractivity contribution in [1.29, 1.82) is 0 Å². The average Bonchev–Trinajstić information content (AvgIpc) is 1.63. The van der Waals surface area contributed by atoms with Crippen LogP contribution in [-0.2, 0) is 0 Å². The van der Waals surface area contributed by atoms with E-state index in [1.807, 2.05) is 0 Å². The molecule has 0 aliphatic rings. The van der Waals surface area contributed by atoms with E-state index in [2.05, 4.69) is 34.1 Å². The van der Waals surface area contributed by atoms with E-state index in [0.29, 0.717) is 0 Å². The Morgan fingerprint density at radius 1 is 1.56 bits per heavy atom. The maximum Gasteiger partial charge on any atom is 0.122 e. The van der Waals surface area contributed by atoms with Gasteiger partial charge < -0.3 is 0 Å². The van der Waals surface area contributed by atoms with Crippen LogP contribution in [0.2, 0.25) is 0 Å². The Labute approximate surface area is 68.3 Å². The Morgan fingerprint density at radius 3 is 2.11 bits per heavy atom. The summed E-state index contributed by atoms with van der Waals surface area (Å²) in [5.74, 6) is 0. The zero-order valence-electron chi connectivity index (χ0n) is 5.12. The van der Waals surface area contributed by atoms with Crippen molar-refractivity contribution in [3.63, 3.8) is 0 Å². The molecular formula is C6H7BrClN. The van der Waals surface area contributed by atoms with E-state index in [4.69, 9.17) is 11.6 Å². The van der Waals surface area contributed by atoms with Crippen molar-refractivity contribution in [2.24, 2.45) is 4.99 Å². The van der Waals surface area contributed by atoms with Gasteiger partial charge in [0, 0.05) is 4.48 Å². The number of aliphatic imine (C=N–C) groups is 1. The summed E-state index contributed by atoms with van der Waals surface area (Å²) in [5, 5.41) is 0.271. The molecule has 0 rings (SSSR count). The van der Waals surface area contributed by atoms with Gasteiger partial charge in [-0.05, 0) is 22.9 Å². The summed E-state index contributed by atoms with van der Waals surface area (Å²) in [5.41, 5.74) is 0.745. The fourth-order valence-electron chi connectivity index (χ4n) is 0.243. The van der Waals surface area contributed by atoms with Crippen molar-refractivity contribution in [2.75, 3.05) is 0 Å². The highest BCUT2D eigenvalue weighted by Gasteiger charge is 1.91. The van der Waals surface area contributed by atoms with Gasteiger partial charge in [0.05, 0.1) is 5.71 Å². The molecule has 0 aromatic heterocycles. The summed E-state index contributed by atoms with van der Waals surface area (Å²) in [4.78, 5) is 3.82. The summed E-state index contributed by atoms with van der Waals surface area (Å²) in [6, 6.07) is 0. The van der Waals surface area contributed by atoms with E-state index in [9.17, 15) is 0 Å². The molecule has 0 aliphatic heterocycles. The molecule has 1 nitrogen and oxygen atoms in total. The van der Waals surface area contributed by atoms with Crippen molar-refractivity contribution in [3.05, 3.63) is 22.8 Å². The van der Waals surface area contributed by atoms with Gasteiger partial charge in [0.1, 0.15) is 5.16 Å². The Hall–Kier alpha value is -0.0800. The number of hydrogen-bond donors (Lipinski definition) is 0. The first-order valence-electron chi connectivity index (χ1n) is 2.28. The van der Waals surface area contributed by atoms with E-state index >= 15 is 0 Å². The third kappa shape index (κ3) is 4.43. The largest absolute Gasteiger partial charge is 0.241 e. The van der Waals surface area contributed by atoms with Gasteiger partial charge in [-0.2, -0.15) is 0 Å². The van der Waals surface area contributed by atoms with Crippen LogP contribution in [0.15, 0.2) is 27.8 Å². The van der Waals surface area contributed by atoms with Crippen molar-refractivity contribution >= 4 is 33.2 Å². The highest BCUT2D eigenvalue weighted by atomic mass is 79.9. The molecule has 0 atom stereocenters. The minimum atomic E-state index is 0.271. The first-order valence-corrected chi connectivity index (χ1v) is 3.45. The fourth-order valence-corrected chi connectivity index (χ4v) is 0.458. The molecule has 0 heterocycles. The second-order valence-corrected chi connectivity index (χ2v) is 2.87. The van der Waals surface area contributed by atoms with Gasteiger partial charge in [-0.3, -0.25) is 0 Å². The van der Waals surface area contributed by atoms with Crippen LogP contribution in [0.4, 0.5) is 0 Å². The van der Waals surface area contributed by atoms with Gasteiger partial charge in [0.2, 0.25) is 0 Å². The van der Waals surface area contributed by atoms with Crippen molar-refractivity contribution in [3.8, 4) is 0 Å². The van der Waals surface area contributed by atoms with E-state index in [1.54, 1.807) is 6.92 Å². The Balaban J connectivity index is 4.17. The van der Waals surface area contributed by atoms with Crippen LogP contribution in [0.25, 0.3) is 0 Å². The Kier molecular flexibility index (Phi) is 3.82. The molecular weight excluding hydrogens is 201 g/mol. The van der Waals surface area contributed by atoms with Crippen LogP contribution in [0.5, 0.6) is 0 Å². The second-order valence-electron chi connectivity index (χ2n) is 1.48. The summed E-state index contributed by atoms with van der Waals surface area (Å²) < 4.78 is 0.726. The number of hydrogen-bond acceptors (Lipinski definition) is 1. The van der Waals surface area contributed by atoms with Gasteiger partial charge in [-0.15, -0.1) is 0 Å². The Bertz CT molecular complexity index is 172. The first kappa shape index (κ1) is 8.92. The molecule has 0 N–H and O–H groups in total. The molecule has 0 radical (unpaired) electrons. The van der Waals surface area contributed by atoms with Crippen LogP contribution < -0.4 is 0 Å². The third-order valence-electron chi connectivity index (χ3n) is 0.682. The highest BCUT2D eigenvalue weighted by molar-refractivity contribution is 9.12. The van der Waals surface area contributed by atoms with E-state index in [-0.39, 0.29) is 5.16 Å². The van der Waals surface area contributed by atoms with E-state index < -0.39 is 0 Å². The van der Waals surface area contributed by atoms with E-state index in [1.165, 1.54) is 0 Å².